The minimum Gasteiger partial charge on any atom is -0.383 e. The Morgan fingerprint density at radius 2 is 2.43 bits per heavy atom. The summed E-state index contributed by atoms with van der Waals surface area (Å²) in [5, 5.41) is 7.19. The van der Waals surface area contributed by atoms with Crippen molar-refractivity contribution in [1.82, 2.24) is 24.6 Å². The molecule has 1 fully saturated rings. The number of nitrogens with one attached hydrogen (secondary N) is 1. The molecule has 0 aromatic carbocycles. The van der Waals surface area contributed by atoms with Gasteiger partial charge in [-0.3, -0.25) is 10.00 Å². The highest BCUT2D eigenvalue weighted by Gasteiger charge is 2.22. The Morgan fingerprint density at radius 1 is 1.48 bits per heavy atom. The van der Waals surface area contributed by atoms with Crippen LogP contribution in [0.2, 0.25) is 0 Å². The number of rotatable bonds is 6. The van der Waals surface area contributed by atoms with Gasteiger partial charge < -0.3 is 9.30 Å². The molecule has 0 amide bonds. The molecule has 0 aliphatic carbocycles. The van der Waals surface area contributed by atoms with E-state index in [0.717, 1.165) is 32.8 Å². The van der Waals surface area contributed by atoms with Gasteiger partial charge in [-0.15, -0.1) is 0 Å². The summed E-state index contributed by atoms with van der Waals surface area (Å²) in [6, 6.07) is 2.09. The van der Waals surface area contributed by atoms with Gasteiger partial charge >= 0.3 is 0 Å². The van der Waals surface area contributed by atoms with E-state index in [0.29, 0.717) is 5.92 Å². The van der Waals surface area contributed by atoms with Crippen molar-refractivity contribution >= 4 is 0 Å². The second-order valence-corrected chi connectivity index (χ2v) is 5.66. The number of hydrogen-bond donors (Lipinski definition) is 1. The standard InChI is InChI=1S/C15H23N5O/c1-21-8-7-20-12-16-9-14(20)11-19-6-2-3-13(10-19)15-4-5-17-18-15/h4-5,9,12-13H,2-3,6-8,10-11H2,1H3,(H,17,18). The summed E-state index contributed by atoms with van der Waals surface area (Å²) in [6.45, 7) is 4.77. The molecule has 3 rings (SSSR count). The van der Waals surface area contributed by atoms with Crippen molar-refractivity contribution in [3.8, 4) is 0 Å². The summed E-state index contributed by atoms with van der Waals surface area (Å²) in [5.41, 5.74) is 2.52. The van der Waals surface area contributed by atoms with Crippen molar-refractivity contribution in [1.29, 1.82) is 0 Å². The molecule has 0 radical (unpaired) electrons. The molecule has 21 heavy (non-hydrogen) atoms. The molecule has 6 heteroatoms. The molecule has 1 atom stereocenters. The highest BCUT2D eigenvalue weighted by atomic mass is 16.5. The Labute approximate surface area is 125 Å². The van der Waals surface area contributed by atoms with Gasteiger partial charge in [0, 0.05) is 50.7 Å². The van der Waals surface area contributed by atoms with Gasteiger partial charge in [0.15, 0.2) is 0 Å². The van der Waals surface area contributed by atoms with Gasteiger partial charge in [0.05, 0.1) is 18.6 Å². The molecule has 1 aliphatic heterocycles. The van der Waals surface area contributed by atoms with Crippen molar-refractivity contribution in [2.24, 2.45) is 0 Å². The van der Waals surface area contributed by atoms with Gasteiger partial charge in [0.25, 0.3) is 0 Å². The summed E-state index contributed by atoms with van der Waals surface area (Å²) in [6.07, 6.45) is 8.17. The number of methoxy groups -OCH3 is 1. The predicted octanol–water partition coefficient (Wildman–Crippen LogP) is 1.63. The van der Waals surface area contributed by atoms with Gasteiger partial charge in [0.2, 0.25) is 0 Å². The van der Waals surface area contributed by atoms with Crippen LogP contribution in [-0.4, -0.2) is 51.5 Å². The second-order valence-electron chi connectivity index (χ2n) is 5.66. The van der Waals surface area contributed by atoms with Crippen LogP contribution in [0.25, 0.3) is 0 Å². The smallest absolute Gasteiger partial charge is 0.0949 e. The lowest BCUT2D eigenvalue weighted by Crippen LogP contribution is -2.34. The van der Waals surface area contributed by atoms with E-state index in [9.17, 15) is 0 Å². The van der Waals surface area contributed by atoms with Gasteiger partial charge in [-0.25, -0.2) is 4.98 Å². The average molecular weight is 289 g/mol. The van der Waals surface area contributed by atoms with E-state index < -0.39 is 0 Å². The summed E-state index contributed by atoms with van der Waals surface area (Å²) >= 11 is 0. The summed E-state index contributed by atoms with van der Waals surface area (Å²) < 4.78 is 7.34. The van der Waals surface area contributed by atoms with E-state index in [-0.39, 0.29) is 0 Å². The number of nitrogens with zero attached hydrogens (tertiary/aromatic N) is 4. The molecule has 1 N–H and O–H groups in total. The summed E-state index contributed by atoms with van der Waals surface area (Å²) in [5.74, 6) is 0.566. The Bertz CT molecular complexity index is 536. The lowest BCUT2D eigenvalue weighted by atomic mass is 9.95. The fourth-order valence-electron chi connectivity index (χ4n) is 3.05. The van der Waals surface area contributed by atoms with E-state index in [1.807, 2.05) is 18.7 Å². The van der Waals surface area contributed by atoms with E-state index in [4.69, 9.17) is 4.74 Å². The molecule has 2 aromatic heterocycles. The maximum absolute atomic E-state index is 5.15. The first-order valence-electron chi connectivity index (χ1n) is 7.56. The zero-order valence-electron chi connectivity index (χ0n) is 12.5. The highest BCUT2D eigenvalue weighted by Crippen LogP contribution is 2.26. The molecular weight excluding hydrogens is 266 g/mol. The van der Waals surface area contributed by atoms with Gasteiger partial charge in [-0.05, 0) is 25.5 Å². The third kappa shape index (κ3) is 3.51. The molecule has 0 spiro atoms. The monoisotopic (exact) mass is 289 g/mol. The van der Waals surface area contributed by atoms with Crippen molar-refractivity contribution in [2.45, 2.75) is 31.8 Å². The molecule has 2 aromatic rings. The Morgan fingerprint density at radius 3 is 3.24 bits per heavy atom. The van der Waals surface area contributed by atoms with E-state index in [1.165, 1.54) is 24.2 Å². The molecule has 114 valence electrons. The zero-order chi connectivity index (χ0) is 14.5. The maximum atomic E-state index is 5.15. The topological polar surface area (TPSA) is 59.0 Å². The molecule has 0 saturated carbocycles. The van der Waals surface area contributed by atoms with Crippen LogP contribution in [0.15, 0.2) is 24.8 Å². The lowest BCUT2D eigenvalue weighted by molar-refractivity contribution is 0.177. The SMILES string of the molecule is COCCn1cncc1CN1CCCC(c2ccn[nH]2)C1. The van der Waals surface area contributed by atoms with E-state index in [2.05, 4.69) is 30.7 Å². The number of aromatic nitrogens is 4. The minimum absolute atomic E-state index is 0.566. The normalized spacial score (nSPS) is 20.0. The molecule has 0 bridgehead atoms. The number of H-pyrrole nitrogens is 1. The number of likely N-dealkylation sites (tertiary alicyclic amines) is 1. The van der Waals surface area contributed by atoms with Gasteiger partial charge in [-0.2, -0.15) is 5.10 Å². The van der Waals surface area contributed by atoms with Crippen molar-refractivity contribution in [3.63, 3.8) is 0 Å². The number of ether oxygens (including phenoxy) is 1. The second kappa shape index (κ2) is 6.87. The van der Waals surface area contributed by atoms with Crippen LogP contribution in [0.5, 0.6) is 0 Å². The molecule has 1 unspecified atom stereocenters. The quantitative estimate of drug-likeness (QED) is 0.878. The molecule has 1 aliphatic rings. The molecule has 6 nitrogen and oxygen atoms in total. The third-order valence-corrected chi connectivity index (χ3v) is 4.19. The fourth-order valence-corrected chi connectivity index (χ4v) is 3.05. The largest absolute Gasteiger partial charge is 0.383 e. The maximum Gasteiger partial charge on any atom is 0.0949 e. The van der Waals surface area contributed by atoms with Crippen LogP contribution in [0, 0.1) is 0 Å². The molecule has 1 saturated heterocycles. The summed E-state index contributed by atoms with van der Waals surface area (Å²) in [4.78, 5) is 6.78. The van der Waals surface area contributed by atoms with E-state index in [1.54, 1.807) is 7.11 Å². The first-order valence-corrected chi connectivity index (χ1v) is 7.56. The third-order valence-electron chi connectivity index (χ3n) is 4.19. The fraction of sp³-hybridized carbons (Fsp3) is 0.600. The van der Waals surface area contributed by atoms with Gasteiger partial charge in [0.1, 0.15) is 0 Å². The average Bonchev–Trinajstić information content (AvgIpc) is 3.17. The van der Waals surface area contributed by atoms with Gasteiger partial charge in [-0.1, -0.05) is 0 Å². The van der Waals surface area contributed by atoms with Crippen LogP contribution in [0.4, 0.5) is 0 Å². The van der Waals surface area contributed by atoms with Crippen molar-refractivity contribution in [2.75, 3.05) is 26.8 Å². The van der Waals surface area contributed by atoms with E-state index >= 15 is 0 Å². The Kier molecular flexibility index (Phi) is 4.67. The number of piperidine rings is 1. The Hall–Kier alpha value is -1.66. The highest BCUT2D eigenvalue weighted by molar-refractivity contribution is 5.08. The van der Waals surface area contributed by atoms with Crippen molar-refractivity contribution < 1.29 is 4.74 Å². The van der Waals surface area contributed by atoms with Crippen molar-refractivity contribution in [3.05, 3.63) is 36.2 Å². The zero-order valence-corrected chi connectivity index (χ0v) is 12.5. The predicted molar refractivity (Wildman–Crippen MR) is 79.9 cm³/mol. The number of aromatic amines is 1. The lowest BCUT2D eigenvalue weighted by Gasteiger charge is -2.32. The van der Waals surface area contributed by atoms with Crippen LogP contribution >= 0.6 is 0 Å². The minimum atomic E-state index is 0.566. The van der Waals surface area contributed by atoms with Crippen LogP contribution < -0.4 is 0 Å². The van der Waals surface area contributed by atoms with Crippen LogP contribution in [0.1, 0.15) is 30.1 Å². The first kappa shape index (κ1) is 14.3. The molecule has 3 heterocycles. The Balaban J connectivity index is 1.61. The van der Waals surface area contributed by atoms with Crippen LogP contribution in [-0.2, 0) is 17.8 Å². The first-order chi connectivity index (χ1) is 10.4. The summed E-state index contributed by atoms with van der Waals surface area (Å²) in [7, 11) is 1.73. The van der Waals surface area contributed by atoms with Crippen LogP contribution in [0.3, 0.4) is 0 Å². The number of hydrogen-bond acceptors (Lipinski definition) is 4. The number of imidazole rings is 1. The molecular formula is C15H23N5O.